The third kappa shape index (κ3) is 6.48. The average Bonchev–Trinajstić information content (AvgIpc) is 3.24. The molecule has 0 saturated carbocycles. The molecule has 1 aliphatic heterocycles. The highest BCUT2D eigenvalue weighted by Crippen LogP contribution is 2.25. The van der Waals surface area contributed by atoms with Crippen molar-refractivity contribution in [2.24, 2.45) is 0 Å². The first-order chi connectivity index (χ1) is 13.3. The molecule has 1 N–H and O–H groups in total. The molecule has 1 unspecified atom stereocenters. The smallest absolute Gasteiger partial charge is 0.251 e. The normalized spacial score (nSPS) is 15.5. The lowest BCUT2D eigenvalue weighted by Crippen LogP contribution is -2.43. The van der Waals surface area contributed by atoms with Crippen LogP contribution < -0.4 is 10.1 Å². The second-order valence-corrected chi connectivity index (χ2v) is 7.60. The first-order valence-electron chi connectivity index (χ1n) is 9.64. The molecule has 154 valence electrons. The van der Waals surface area contributed by atoms with E-state index in [1.165, 1.54) is 4.88 Å². The van der Waals surface area contributed by atoms with Crippen LogP contribution in [-0.4, -0.2) is 50.3 Å². The van der Waals surface area contributed by atoms with Gasteiger partial charge >= 0.3 is 0 Å². The van der Waals surface area contributed by atoms with Crippen LogP contribution in [0.15, 0.2) is 41.8 Å². The molecule has 0 aliphatic carbocycles. The zero-order chi connectivity index (χ0) is 18.9. The number of carbonyl (C=O) groups is 1. The number of amides is 1. The van der Waals surface area contributed by atoms with Crippen LogP contribution in [-0.2, 0) is 4.74 Å². The minimum absolute atomic E-state index is 0. The predicted molar refractivity (Wildman–Crippen MR) is 116 cm³/mol. The van der Waals surface area contributed by atoms with E-state index >= 15 is 0 Å². The Bertz CT molecular complexity index is 688. The van der Waals surface area contributed by atoms with Gasteiger partial charge in [-0.05, 0) is 42.1 Å². The molecule has 1 aromatic heterocycles. The van der Waals surface area contributed by atoms with E-state index in [1.54, 1.807) is 11.3 Å². The summed E-state index contributed by atoms with van der Waals surface area (Å²) < 4.78 is 11.1. The van der Waals surface area contributed by atoms with Crippen LogP contribution in [0.4, 0.5) is 0 Å². The zero-order valence-corrected chi connectivity index (χ0v) is 17.9. The second-order valence-electron chi connectivity index (χ2n) is 6.62. The number of thiophene rings is 1. The van der Waals surface area contributed by atoms with Crippen LogP contribution in [0.3, 0.4) is 0 Å². The number of ether oxygens (including phenoxy) is 2. The Hall–Kier alpha value is -1.60. The largest absolute Gasteiger partial charge is 0.494 e. The zero-order valence-electron chi connectivity index (χ0n) is 16.3. The Labute approximate surface area is 177 Å². The molecule has 2 aromatic rings. The standard InChI is InChI=1S/C21H28N2O3S.ClH/c1-2-3-12-26-18-8-6-17(7-9-18)21(24)22-16-19(20-5-4-15-27-20)23-10-13-25-14-11-23;/h4-9,15,19H,2-3,10-14,16H2,1H3,(H,22,24);1H. The number of rotatable bonds is 9. The molecule has 1 fully saturated rings. The number of nitrogens with zero attached hydrogens (tertiary/aromatic N) is 1. The van der Waals surface area contributed by atoms with Crippen molar-refractivity contribution in [3.05, 3.63) is 52.2 Å². The predicted octanol–water partition coefficient (Wildman–Crippen LogP) is 4.15. The van der Waals surface area contributed by atoms with E-state index < -0.39 is 0 Å². The summed E-state index contributed by atoms with van der Waals surface area (Å²) in [4.78, 5) is 16.2. The van der Waals surface area contributed by atoms with Crippen molar-refractivity contribution in [1.29, 1.82) is 0 Å². The molecule has 1 aliphatic rings. The summed E-state index contributed by atoms with van der Waals surface area (Å²) in [5.41, 5.74) is 0.657. The quantitative estimate of drug-likeness (QED) is 0.614. The summed E-state index contributed by atoms with van der Waals surface area (Å²) >= 11 is 1.73. The molecule has 1 saturated heterocycles. The van der Waals surface area contributed by atoms with Crippen LogP contribution in [0.1, 0.15) is 41.0 Å². The van der Waals surface area contributed by atoms with Crippen LogP contribution >= 0.6 is 23.7 Å². The minimum atomic E-state index is -0.0510. The van der Waals surface area contributed by atoms with Gasteiger partial charge in [0.05, 0.1) is 25.9 Å². The first-order valence-corrected chi connectivity index (χ1v) is 10.5. The number of halogens is 1. The van der Waals surface area contributed by atoms with E-state index in [0.717, 1.165) is 44.9 Å². The molecule has 0 radical (unpaired) electrons. The minimum Gasteiger partial charge on any atom is -0.494 e. The lowest BCUT2D eigenvalue weighted by atomic mass is 10.1. The fourth-order valence-electron chi connectivity index (χ4n) is 3.11. The Morgan fingerprint density at radius 3 is 2.64 bits per heavy atom. The fraction of sp³-hybridized carbons (Fsp3) is 0.476. The molecular weight excluding hydrogens is 396 g/mol. The number of nitrogens with one attached hydrogen (secondary N) is 1. The molecule has 5 nitrogen and oxygen atoms in total. The van der Waals surface area contributed by atoms with E-state index in [-0.39, 0.29) is 24.4 Å². The maximum Gasteiger partial charge on any atom is 0.251 e. The number of carbonyl (C=O) groups excluding carboxylic acids is 1. The molecule has 7 heteroatoms. The van der Waals surface area contributed by atoms with E-state index in [9.17, 15) is 4.79 Å². The van der Waals surface area contributed by atoms with Crippen molar-refractivity contribution in [3.63, 3.8) is 0 Å². The van der Waals surface area contributed by atoms with Gasteiger partial charge in [-0.25, -0.2) is 0 Å². The number of hydrogen-bond donors (Lipinski definition) is 1. The summed E-state index contributed by atoms with van der Waals surface area (Å²) in [6.07, 6.45) is 2.14. The molecule has 1 atom stereocenters. The summed E-state index contributed by atoms with van der Waals surface area (Å²) in [5, 5.41) is 5.19. The molecule has 2 heterocycles. The maximum absolute atomic E-state index is 12.6. The monoisotopic (exact) mass is 424 g/mol. The van der Waals surface area contributed by atoms with Crippen molar-refractivity contribution >= 4 is 29.7 Å². The van der Waals surface area contributed by atoms with Crippen molar-refractivity contribution in [2.75, 3.05) is 39.5 Å². The van der Waals surface area contributed by atoms with Gasteiger partial charge in [0.2, 0.25) is 0 Å². The Balaban J connectivity index is 0.00000280. The number of unbranched alkanes of at least 4 members (excludes halogenated alkanes) is 1. The highest BCUT2D eigenvalue weighted by Gasteiger charge is 2.24. The van der Waals surface area contributed by atoms with Crippen LogP contribution in [0.5, 0.6) is 5.75 Å². The van der Waals surface area contributed by atoms with Crippen LogP contribution in [0, 0.1) is 0 Å². The number of benzene rings is 1. The van der Waals surface area contributed by atoms with Crippen molar-refractivity contribution in [3.8, 4) is 5.75 Å². The molecule has 1 amide bonds. The lowest BCUT2D eigenvalue weighted by Gasteiger charge is -2.34. The second kappa shape index (κ2) is 12.1. The Kier molecular flexibility index (Phi) is 9.78. The summed E-state index contributed by atoms with van der Waals surface area (Å²) in [6, 6.07) is 11.8. The van der Waals surface area contributed by atoms with Crippen LogP contribution in [0.25, 0.3) is 0 Å². The summed E-state index contributed by atoms with van der Waals surface area (Å²) in [6.45, 7) is 6.71. The summed E-state index contributed by atoms with van der Waals surface area (Å²) in [5.74, 6) is 0.759. The van der Waals surface area contributed by atoms with Gasteiger partial charge < -0.3 is 14.8 Å². The molecule has 0 bridgehead atoms. The van der Waals surface area contributed by atoms with Crippen molar-refractivity contribution in [2.45, 2.75) is 25.8 Å². The third-order valence-electron chi connectivity index (χ3n) is 4.70. The highest BCUT2D eigenvalue weighted by atomic mass is 35.5. The molecule has 1 aromatic carbocycles. The summed E-state index contributed by atoms with van der Waals surface area (Å²) in [7, 11) is 0. The lowest BCUT2D eigenvalue weighted by molar-refractivity contribution is 0.0169. The van der Waals surface area contributed by atoms with Gasteiger partial charge in [0.25, 0.3) is 5.91 Å². The van der Waals surface area contributed by atoms with E-state index in [4.69, 9.17) is 9.47 Å². The average molecular weight is 425 g/mol. The molecular formula is C21H29ClN2O3S. The van der Waals surface area contributed by atoms with E-state index in [0.29, 0.717) is 18.7 Å². The molecule has 0 spiro atoms. The van der Waals surface area contributed by atoms with Gasteiger partial charge in [0.15, 0.2) is 0 Å². The topological polar surface area (TPSA) is 50.8 Å². The van der Waals surface area contributed by atoms with Gasteiger partial charge in [-0.15, -0.1) is 23.7 Å². The van der Waals surface area contributed by atoms with Gasteiger partial charge in [-0.3, -0.25) is 9.69 Å². The maximum atomic E-state index is 12.6. The van der Waals surface area contributed by atoms with Gasteiger partial charge in [0, 0.05) is 30.1 Å². The Morgan fingerprint density at radius 2 is 2.00 bits per heavy atom. The van der Waals surface area contributed by atoms with Gasteiger partial charge in [-0.1, -0.05) is 19.4 Å². The van der Waals surface area contributed by atoms with Gasteiger partial charge in [0.1, 0.15) is 5.75 Å². The number of morpholine rings is 1. The van der Waals surface area contributed by atoms with Crippen molar-refractivity contribution in [1.82, 2.24) is 10.2 Å². The van der Waals surface area contributed by atoms with Crippen molar-refractivity contribution < 1.29 is 14.3 Å². The molecule has 3 rings (SSSR count). The van der Waals surface area contributed by atoms with Crippen LogP contribution in [0.2, 0.25) is 0 Å². The number of hydrogen-bond acceptors (Lipinski definition) is 5. The first kappa shape index (κ1) is 22.7. The van der Waals surface area contributed by atoms with E-state index in [2.05, 4.69) is 34.7 Å². The highest BCUT2D eigenvalue weighted by molar-refractivity contribution is 7.10. The Morgan fingerprint density at radius 1 is 1.25 bits per heavy atom. The third-order valence-corrected chi connectivity index (χ3v) is 5.67. The van der Waals surface area contributed by atoms with Gasteiger partial charge in [-0.2, -0.15) is 0 Å². The SMILES string of the molecule is CCCCOc1ccc(C(=O)NCC(c2cccs2)N2CCOCC2)cc1.Cl. The fourth-order valence-corrected chi connectivity index (χ4v) is 3.97. The molecule has 28 heavy (non-hydrogen) atoms. The van der Waals surface area contributed by atoms with E-state index in [1.807, 2.05) is 24.3 Å².